The molecule has 0 aliphatic carbocycles. The molecule has 4 nitrogen and oxygen atoms in total. The zero-order chi connectivity index (χ0) is 17.6. The minimum absolute atomic E-state index is 0.0779. The van der Waals surface area contributed by atoms with Gasteiger partial charge in [-0.25, -0.2) is 0 Å². The molecule has 1 amide bonds. The molecule has 0 unspecified atom stereocenters. The van der Waals surface area contributed by atoms with Crippen LogP contribution in [0.5, 0.6) is 0 Å². The van der Waals surface area contributed by atoms with Crippen molar-refractivity contribution in [3.05, 3.63) is 29.8 Å². The third kappa shape index (κ3) is 5.21. The second-order valence-corrected chi connectivity index (χ2v) is 7.88. The number of anilines is 1. The van der Waals surface area contributed by atoms with Crippen LogP contribution in [0.25, 0.3) is 0 Å². The summed E-state index contributed by atoms with van der Waals surface area (Å²) in [5.74, 6) is 0.743. The van der Waals surface area contributed by atoms with E-state index in [2.05, 4.69) is 53.4 Å². The number of amides is 1. The summed E-state index contributed by atoms with van der Waals surface area (Å²) in [5.41, 5.74) is 2.51. The van der Waals surface area contributed by atoms with Gasteiger partial charge in [0.2, 0.25) is 5.91 Å². The first-order valence-corrected chi connectivity index (χ1v) is 9.94. The molecule has 0 aromatic heterocycles. The molecule has 2 fully saturated rings. The zero-order valence-electron chi connectivity index (χ0n) is 15.8. The Kier molecular flexibility index (Phi) is 6.35. The quantitative estimate of drug-likeness (QED) is 0.887. The van der Waals surface area contributed by atoms with E-state index in [0.717, 1.165) is 25.9 Å². The van der Waals surface area contributed by atoms with Gasteiger partial charge >= 0.3 is 0 Å². The predicted molar refractivity (Wildman–Crippen MR) is 104 cm³/mol. The number of likely N-dealkylation sites (tertiary alicyclic amines) is 1. The highest BCUT2D eigenvalue weighted by atomic mass is 16.1. The molecule has 1 N–H and O–H groups in total. The lowest BCUT2D eigenvalue weighted by Gasteiger charge is -2.29. The Morgan fingerprint density at radius 2 is 1.72 bits per heavy atom. The van der Waals surface area contributed by atoms with E-state index in [0.29, 0.717) is 12.3 Å². The molecular weight excluding hydrogens is 310 g/mol. The summed E-state index contributed by atoms with van der Waals surface area (Å²) in [6.07, 6.45) is 6.90. The van der Waals surface area contributed by atoms with Gasteiger partial charge in [-0.15, -0.1) is 0 Å². The molecular formula is C21H33N3O. The third-order valence-corrected chi connectivity index (χ3v) is 5.80. The number of piperidine rings is 2. The Morgan fingerprint density at radius 3 is 2.36 bits per heavy atom. The number of nitrogens with one attached hydrogen (secondary N) is 1. The van der Waals surface area contributed by atoms with Gasteiger partial charge in [0.1, 0.15) is 0 Å². The molecule has 0 spiro atoms. The average molecular weight is 344 g/mol. The lowest BCUT2D eigenvalue weighted by Crippen LogP contribution is -2.34. The van der Waals surface area contributed by atoms with Gasteiger partial charge in [-0.05, 0) is 82.8 Å². The molecule has 4 heteroatoms. The number of carbonyl (C=O) groups is 1. The fourth-order valence-corrected chi connectivity index (χ4v) is 4.04. The highest BCUT2D eigenvalue weighted by Crippen LogP contribution is 2.23. The smallest absolute Gasteiger partial charge is 0.220 e. The average Bonchev–Trinajstić information content (AvgIpc) is 2.64. The Balaban J connectivity index is 1.48. The maximum atomic E-state index is 12.4. The van der Waals surface area contributed by atoms with Crippen molar-refractivity contribution < 1.29 is 4.79 Å². The number of nitrogens with zero attached hydrogens (tertiary/aromatic N) is 2. The van der Waals surface area contributed by atoms with E-state index >= 15 is 0 Å². The first-order valence-electron chi connectivity index (χ1n) is 9.94. The van der Waals surface area contributed by atoms with Crippen LogP contribution in [0.3, 0.4) is 0 Å². The number of rotatable bonds is 5. The van der Waals surface area contributed by atoms with Crippen molar-refractivity contribution in [2.75, 3.05) is 38.1 Å². The summed E-state index contributed by atoms with van der Waals surface area (Å²) in [5, 5.41) is 3.19. The molecule has 1 aromatic rings. The van der Waals surface area contributed by atoms with Gasteiger partial charge in [0.15, 0.2) is 0 Å². The van der Waals surface area contributed by atoms with E-state index in [1.165, 1.54) is 43.6 Å². The van der Waals surface area contributed by atoms with Crippen LogP contribution in [-0.4, -0.2) is 44.0 Å². The second-order valence-electron chi connectivity index (χ2n) is 7.88. The first kappa shape index (κ1) is 18.2. The molecule has 3 rings (SSSR count). The number of hydrogen-bond donors (Lipinski definition) is 1. The minimum atomic E-state index is 0.0779. The molecule has 2 saturated heterocycles. The van der Waals surface area contributed by atoms with Crippen LogP contribution in [0, 0.1) is 5.92 Å². The predicted octanol–water partition coefficient (Wildman–Crippen LogP) is 3.59. The largest absolute Gasteiger partial charge is 0.372 e. The van der Waals surface area contributed by atoms with Gasteiger partial charge in [-0.3, -0.25) is 4.79 Å². The van der Waals surface area contributed by atoms with Crippen molar-refractivity contribution >= 4 is 11.6 Å². The van der Waals surface area contributed by atoms with Crippen LogP contribution >= 0.6 is 0 Å². The van der Waals surface area contributed by atoms with E-state index < -0.39 is 0 Å². The van der Waals surface area contributed by atoms with Crippen LogP contribution in [0.4, 0.5) is 5.69 Å². The Morgan fingerprint density at radius 1 is 1.08 bits per heavy atom. The molecule has 2 heterocycles. The van der Waals surface area contributed by atoms with E-state index in [1.807, 2.05) is 0 Å². The summed E-state index contributed by atoms with van der Waals surface area (Å²) in [4.78, 5) is 17.2. The fourth-order valence-electron chi connectivity index (χ4n) is 4.04. The molecule has 1 atom stereocenters. The van der Waals surface area contributed by atoms with E-state index in [4.69, 9.17) is 0 Å². The van der Waals surface area contributed by atoms with Gasteiger partial charge in [0, 0.05) is 25.2 Å². The van der Waals surface area contributed by atoms with Gasteiger partial charge in [-0.2, -0.15) is 0 Å². The maximum absolute atomic E-state index is 12.4. The molecule has 0 saturated carbocycles. The molecule has 2 aliphatic heterocycles. The van der Waals surface area contributed by atoms with Crippen LogP contribution < -0.4 is 10.2 Å². The summed E-state index contributed by atoms with van der Waals surface area (Å²) in [7, 11) is 2.16. The monoisotopic (exact) mass is 343 g/mol. The van der Waals surface area contributed by atoms with Gasteiger partial charge in [-0.1, -0.05) is 12.1 Å². The van der Waals surface area contributed by atoms with Gasteiger partial charge in [0.05, 0.1) is 6.04 Å². The SMILES string of the molecule is C[C@@H](NC(=O)CC1CCN(C)CC1)c1ccc(N2CCCCC2)cc1. The lowest BCUT2D eigenvalue weighted by atomic mass is 9.93. The van der Waals surface area contributed by atoms with E-state index in [-0.39, 0.29) is 11.9 Å². The normalized spacial score (nSPS) is 21.1. The Labute approximate surface area is 152 Å². The number of benzene rings is 1. The molecule has 0 bridgehead atoms. The Hall–Kier alpha value is -1.55. The lowest BCUT2D eigenvalue weighted by molar-refractivity contribution is -0.123. The van der Waals surface area contributed by atoms with Crippen molar-refractivity contribution in [1.29, 1.82) is 0 Å². The topological polar surface area (TPSA) is 35.6 Å². The van der Waals surface area contributed by atoms with Crippen molar-refractivity contribution in [2.24, 2.45) is 5.92 Å². The van der Waals surface area contributed by atoms with Crippen molar-refractivity contribution in [2.45, 2.75) is 51.5 Å². The summed E-state index contributed by atoms with van der Waals surface area (Å²) >= 11 is 0. The standard InChI is InChI=1S/C21H33N3O/c1-17(22-21(25)16-18-10-14-23(2)15-11-18)19-6-8-20(9-7-19)24-12-4-3-5-13-24/h6-9,17-18H,3-5,10-16H2,1-2H3,(H,22,25)/t17-/m1/s1. The van der Waals surface area contributed by atoms with Crippen LogP contribution in [0.15, 0.2) is 24.3 Å². The molecule has 2 aliphatic rings. The zero-order valence-corrected chi connectivity index (χ0v) is 15.8. The number of carbonyl (C=O) groups excluding carboxylic acids is 1. The third-order valence-electron chi connectivity index (χ3n) is 5.80. The van der Waals surface area contributed by atoms with Gasteiger partial charge in [0.25, 0.3) is 0 Å². The Bertz CT molecular complexity index is 543. The van der Waals surface area contributed by atoms with Gasteiger partial charge < -0.3 is 15.1 Å². The van der Waals surface area contributed by atoms with Crippen LogP contribution in [0.2, 0.25) is 0 Å². The first-order chi connectivity index (χ1) is 12.1. The van der Waals surface area contributed by atoms with Crippen molar-refractivity contribution in [1.82, 2.24) is 10.2 Å². The van der Waals surface area contributed by atoms with E-state index in [1.54, 1.807) is 0 Å². The van der Waals surface area contributed by atoms with Crippen LogP contribution in [0.1, 0.15) is 57.1 Å². The summed E-state index contributed by atoms with van der Waals surface area (Å²) in [6, 6.07) is 8.84. The highest BCUT2D eigenvalue weighted by molar-refractivity contribution is 5.76. The second kappa shape index (κ2) is 8.70. The molecule has 25 heavy (non-hydrogen) atoms. The van der Waals surface area contributed by atoms with E-state index in [9.17, 15) is 4.79 Å². The van der Waals surface area contributed by atoms with Crippen molar-refractivity contribution in [3.8, 4) is 0 Å². The van der Waals surface area contributed by atoms with Crippen molar-refractivity contribution in [3.63, 3.8) is 0 Å². The highest BCUT2D eigenvalue weighted by Gasteiger charge is 2.20. The van der Waals surface area contributed by atoms with Crippen LogP contribution in [-0.2, 0) is 4.79 Å². The maximum Gasteiger partial charge on any atom is 0.220 e. The summed E-state index contributed by atoms with van der Waals surface area (Å²) in [6.45, 7) is 6.66. The molecule has 1 aromatic carbocycles. The molecule has 138 valence electrons. The fraction of sp³-hybridized carbons (Fsp3) is 0.667. The number of hydrogen-bond acceptors (Lipinski definition) is 3. The molecule has 0 radical (unpaired) electrons. The summed E-state index contributed by atoms with van der Waals surface area (Å²) < 4.78 is 0. The minimum Gasteiger partial charge on any atom is -0.372 e.